The fourth-order valence-corrected chi connectivity index (χ4v) is 1.52. The fraction of sp³-hybridized carbons (Fsp3) is 0.846. The van der Waals surface area contributed by atoms with Crippen molar-refractivity contribution in [1.29, 1.82) is 0 Å². The van der Waals surface area contributed by atoms with Gasteiger partial charge in [0, 0.05) is 6.42 Å². The average molecular weight is 242 g/mol. The van der Waals surface area contributed by atoms with E-state index >= 15 is 0 Å². The summed E-state index contributed by atoms with van der Waals surface area (Å²) in [5, 5.41) is 2.85. The first-order chi connectivity index (χ1) is 7.79. The number of carbonyl (C=O) groups excluding carboxylic acids is 2. The largest absolute Gasteiger partial charge is 0.345 e. The van der Waals surface area contributed by atoms with E-state index in [0.29, 0.717) is 18.8 Å². The van der Waals surface area contributed by atoms with Gasteiger partial charge in [-0.3, -0.25) is 14.5 Å². The topological polar surface area (TPSA) is 49.4 Å². The van der Waals surface area contributed by atoms with Gasteiger partial charge in [0.25, 0.3) is 0 Å². The molecule has 100 valence electrons. The van der Waals surface area contributed by atoms with Gasteiger partial charge in [0.15, 0.2) is 5.78 Å². The minimum Gasteiger partial charge on any atom is -0.345 e. The van der Waals surface area contributed by atoms with E-state index in [4.69, 9.17) is 0 Å². The Bertz CT molecular complexity index is 262. The van der Waals surface area contributed by atoms with Crippen LogP contribution in [0.15, 0.2) is 0 Å². The van der Waals surface area contributed by atoms with E-state index in [1.54, 1.807) is 0 Å². The lowest BCUT2D eigenvalue weighted by Crippen LogP contribution is -2.48. The Morgan fingerprint density at radius 2 is 1.71 bits per heavy atom. The van der Waals surface area contributed by atoms with Crippen molar-refractivity contribution in [3.8, 4) is 0 Å². The van der Waals surface area contributed by atoms with E-state index < -0.39 is 0 Å². The Hall–Kier alpha value is -0.900. The van der Waals surface area contributed by atoms with E-state index in [1.807, 2.05) is 32.8 Å². The Morgan fingerprint density at radius 1 is 1.18 bits per heavy atom. The molecule has 0 saturated heterocycles. The van der Waals surface area contributed by atoms with Crippen LogP contribution in [-0.2, 0) is 9.59 Å². The van der Waals surface area contributed by atoms with Crippen molar-refractivity contribution in [1.82, 2.24) is 10.2 Å². The number of rotatable bonds is 7. The van der Waals surface area contributed by atoms with Gasteiger partial charge in [0.2, 0.25) is 5.91 Å². The highest BCUT2D eigenvalue weighted by Crippen LogP contribution is 2.08. The first kappa shape index (κ1) is 16.1. The Balaban J connectivity index is 4.53. The van der Waals surface area contributed by atoms with Gasteiger partial charge in [-0.2, -0.15) is 0 Å². The molecule has 0 bridgehead atoms. The van der Waals surface area contributed by atoms with Crippen molar-refractivity contribution < 1.29 is 9.59 Å². The van der Waals surface area contributed by atoms with Gasteiger partial charge in [0.05, 0.1) is 12.1 Å². The van der Waals surface area contributed by atoms with Gasteiger partial charge < -0.3 is 5.32 Å². The maximum absolute atomic E-state index is 11.9. The molecule has 0 aromatic rings. The normalized spacial score (nSPS) is 14.8. The van der Waals surface area contributed by atoms with E-state index in [1.165, 1.54) is 0 Å². The molecular formula is C13H26N2O2. The molecule has 0 rings (SSSR count). The molecule has 0 spiro atoms. The van der Waals surface area contributed by atoms with Gasteiger partial charge in [-0.25, -0.2) is 0 Å². The molecule has 0 saturated carbocycles. The molecule has 0 aromatic heterocycles. The molecule has 0 aliphatic heterocycles. The van der Waals surface area contributed by atoms with Gasteiger partial charge in [-0.15, -0.1) is 0 Å². The van der Waals surface area contributed by atoms with Crippen LogP contribution in [0.2, 0.25) is 0 Å². The maximum Gasteiger partial charge on any atom is 0.237 e. The van der Waals surface area contributed by atoms with Gasteiger partial charge in [0.1, 0.15) is 0 Å². The highest BCUT2D eigenvalue weighted by Gasteiger charge is 2.23. The van der Waals surface area contributed by atoms with Gasteiger partial charge >= 0.3 is 0 Å². The summed E-state index contributed by atoms with van der Waals surface area (Å²) in [6.07, 6.45) is 1.17. The second-order valence-corrected chi connectivity index (χ2v) is 5.15. The van der Waals surface area contributed by atoms with Gasteiger partial charge in [-0.1, -0.05) is 20.8 Å². The maximum atomic E-state index is 11.9. The molecule has 4 nitrogen and oxygen atoms in total. The second kappa shape index (κ2) is 7.43. The highest BCUT2D eigenvalue weighted by atomic mass is 16.2. The summed E-state index contributed by atoms with van der Waals surface area (Å²) in [5.74, 6) is 0.422. The number of amides is 1. The fourth-order valence-electron chi connectivity index (χ4n) is 1.52. The molecule has 4 heteroatoms. The summed E-state index contributed by atoms with van der Waals surface area (Å²) in [4.78, 5) is 25.5. The number of carbonyl (C=O) groups is 2. The minimum atomic E-state index is -0.338. The lowest BCUT2D eigenvalue weighted by Gasteiger charge is -2.24. The van der Waals surface area contributed by atoms with Crippen molar-refractivity contribution >= 4 is 11.7 Å². The quantitative estimate of drug-likeness (QED) is 0.735. The number of hydrogen-bond acceptors (Lipinski definition) is 3. The van der Waals surface area contributed by atoms with E-state index in [-0.39, 0.29) is 23.8 Å². The van der Waals surface area contributed by atoms with Crippen LogP contribution in [0.1, 0.15) is 40.5 Å². The van der Waals surface area contributed by atoms with Crippen LogP contribution in [0.5, 0.6) is 0 Å². The molecule has 0 aliphatic carbocycles. The van der Waals surface area contributed by atoms with E-state index in [9.17, 15) is 9.59 Å². The number of hydrogen-bond donors (Lipinski definition) is 1. The monoisotopic (exact) mass is 242 g/mol. The van der Waals surface area contributed by atoms with Crippen molar-refractivity contribution in [2.75, 3.05) is 14.1 Å². The Labute approximate surface area is 105 Å². The van der Waals surface area contributed by atoms with Crippen LogP contribution in [0, 0.1) is 5.92 Å². The van der Waals surface area contributed by atoms with Crippen molar-refractivity contribution in [3.63, 3.8) is 0 Å². The predicted molar refractivity (Wildman–Crippen MR) is 69.8 cm³/mol. The number of likely N-dealkylation sites (N-methyl/N-ethyl adjacent to an activating group) is 1. The second-order valence-electron chi connectivity index (χ2n) is 5.15. The minimum absolute atomic E-state index is 0.0811. The zero-order valence-corrected chi connectivity index (χ0v) is 11.9. The van der Waals surface area contributed by atoms with Crippen molar-refractivity contribution in [2.24, 2.45) is 5.92 Å². The molecule has 0 fully saturated rings. The van der Waals surface area contributed by atoms with Crippen LogP contribution in [0.4, 0.5) is 0 Å². The third-order valence-electron chi connectivity index (χ3n) is 2.91. The molecule has 1 N–H and O–H groups in total. The molecular weight excluding hydrogens is 216 g/mol. The van der Waals surface area contributed by atoms with E-state index in [2.05, 4.69) is 19.2 Å². The number of nitrogens with one attached hydrogen (secondary N) is 1. The summed E-state index contributed by atoms with van der Waals surface area (Å²) in [6, 6.07) is -0.552. The third-order valence-corrected chi connectivity index (χ3v) is 2.91. The summed E-state index contributed by atoms with van der Waals surface area (Å²) in [7, 11) is 3.70. The zero-order valence-electron chi connectivity index (χ0n) is 11.9. The standard InChI is InChI=1S/C13H26N2O2/c1-7-12(16)11(8-9(2)3)14-13(17)10(4)15(5)6/h9-11H,7-8H2,1-6H3,(H,14,17). The highest BCUT2D eigenvalue weighted by molar-refractivity contribution is 5.90. The van der Waals surface area contributed by atoms with Crippen LogP contribution in [0.3, 0.4) is 0 Å². The zero-order chi connectivity index (χ0) is 13.6. The number of Topliss-reactive ketones (excluding diaryl/α,β-unsaturated/α-hetero) is 1. The van der Waals surface area contributed by atoms with Crippen LogP contribution >= 0.6 is 0 Å². The Kier molecular flexibility index (Phi) is 7.04. The Morgan fingerprint density at radius 3 is 2.06 bits per heavy atom. The van der Waals surface area contributed by atoms with E-state index in [0.717, 1.165) is 0 Å². The van der Waals surface area contributed by atoms with Crippen molar-refractivity contribution in [2.45, 2.75) is 52.6 Å². The molecule has 0 aliphatic rings. The smallest absolute Gasteiger partial charge is 0.237 e. The SMILES string of the molecule is CCC(=O)C(CC(C)C)NC(=O)C(C)N(C)C. The van der Waals surface area contributed by atoms with Gasteiger partial charge in [-0.05, 0) is 33.4 Å². The molecule has 2 unspecified atom stereocenters. The number of nitrogens with zero attached hydrogens (tertiary/aromatic N) is 1. The molecule has 2 atom stereocenters. The first-order valence-electron chi connectivity index (χ1n) is 6.29. The molecule has 17 heavy (non-hydrogen) atoms. The lowest BCUT2D eigenvalue weighted by molar-refractivity contribution is -0.130. The van der Waals surface area contributed by atoms with Crippen LogP contribution in [-0.4, -0.2) is 42.8 Å². The molecule has 0 heterocycles. The summed E-state index contributed by atoms with van der Waals surface area (Å²) >= 11 is 0. The van der Waals surface area contributed by atoms with Crippen molar-refractivity contribution in [3.05, 3.63) is 0 Å². The molecule has 1 amide bonds. The summed E-state index contributed by atoms with van der Waals surface area (Å²) < 4.78 is 0. The third kappa shape index (κ3) is 5.82. The molecule has 0 radical (unpaired) electrons. The first-order valence-corrected chi connectivity index (χ1v) is 6.29. The number of ketones is 1. The lowest BCUT2D eigenvalue weighted by atomic mass is 9.98. The average Bonchev–Trinajstić information content (AvgIpc) is 2.24. The summed E-state index contributed by atoms with van der Waals surface area (Å²) in [6.45, 7) is 7.77. The van der Waals surface area contributed by atoms with Crippen LogP contribution in [0.25, 0.3) is 0 Å². The van der Waals surface area contributed by atoms with Crippen LogP contribution < -0.4 is 5.32 Å². The molecule has 0 aromatic carbocycles. The predicted octanol–water partition coefficient (Wildman–Crippen LogP) is 1.45. The summed E-state index contributed by atoms with van der Waals surface area (Å²) in [5.41, 5.74) is 0.